The van der Waals surface area contributed by atoms with Gasteiger partial charge in [-0.1, -0.05) is 18.2 Å². The average molecular weight is 367 g/mol. The fraction of sp³-hybridized carbons (Fsp3) is 0.300. The van der Waals surface area contributed by atoms with Crippen LogP contribution in [0, 0.1) is 11.3 Å². The number of hydrogen-bond acceptors (Lipinski definition) is 5. The first-order chi connectivity index (χ1) is 12.7. The number of anilines is 1. The van der Waals surface area contributed by atoms with E-state index in [1.165, 1.54) is 0 Å². The first-order valence-corrected chi connectivity index (χ1v) is 9.71. The van der Waals surface area contributed by atoms with Gasteiger partial charge in [0.15, 0.2) is 6.61 Å². The lowest BCUT2D eigenvalue weighted by Gasteiger charge is -2.27. The van der Waals surface area contributed by atoms with Gasteiger partial charge in [0.1, 0.15) is 5.75 Å². The molecular formula is C20H21N3O2S. The van der Waals surface area contributed by atoms with Crippen LogP contribution in [0.25, 0.3) is 0 Å². The SMILES string of the molecule is N#Cc1ccc(OCC(=O)Nc2ccccc2CN2CCSCC2)cc1. The van der Waals surface area contributed by atoms with E-state index in [2.05, 4.69) is 22.4 Å². The lowest BCUT2D eigenvalue weighted by atomic mass is 10.1. The Morgan fingerprint density at radius 3 is 2.62 bits per heavy atom. The van der Waals surface area contributed by atoms with E-state index in [-0.39, 0.29) is 12.5 Å². The van der Waals surface area contributed by atoms with Gasteiger partial charge in [0.05, 0.1) is 11.6 Å². The first kappa shape index (κ1) is 18.3. The molecule has 26 heavy (non-hydrogen) atoms. The molecule has 6 heteroatoms. The predicted octanol–water partition coefficient (Wildman–Crippen LogP) is 3.12. The normalized spacial score (nSPS) is 14.4. The molecule has 1 aliphatic rings. The van der Waals surface area contributed by atoms with Gasteiger partial charge in [-0.3, -0.25) is 9.69 Å². The topological polar surface area (TPSA) is 65.4 Å². The molecule has 1 aliphatic heterocycles. The smallest absolute Gasteiger partial charge is 0.262 e. The molecule has 2 aromatic carbocycles. The number of para-hydroxylation sites is 1. The van der Waals surface area contributed by atoms with Crippen molar-refractivity contribution in [2.75, 3.05) is 36.5 Å². The summed E-state index contributed by atoms with van der Waals surface area (Å²) in [6, 6.07) is 16.7. The summed E-state index contributed by atoms with van der Waals surface area (Å²) in [5.74, 6) is 2.69. The van der Waals surface area contributed by atoms with Gasteiger partial charge in [0, 0.05) is 36.8 Å². The van der Waals surface area contributed by atoms with E-state index >= 15 is 0 Å². The Morgan fingerprint density at radius 1 is 1.15 bits per heavy atom. The minimum atomic E-state index is -0.198. The molecule has 0 spiro atoms. The Hall–Kier alpha value is -2.49. The minimum absolute atomic E-state index is 0.0689. The second kappa shape index (κ2) is 9.27. The molecule has 1 saturated heterocycles. The lowest BCUT2D eigenvalue weighted by Crippen LogP contribution is -2.32. The summed E-state index contributed by atoms with van der Waals surface area (Å²) in [4.78, 5) is 14.7. The number of nitriles is 1. The number of amides is 1. The van der Waals surface area contributed by atoms with E-state index in [1.54, 1.807) is 24.3 Å². The maximum absolute atomic E-state index is 12.2. The molecule has 1 N–H and O–H groups in total. The number of benzene rings is 2. The number of carbonyl (C=O) groups excluding carboxylic acids is 1. The van der Waals surface area contributed by atoms with Crippen LogP contribution < -0.4 is 10.1 Å². The Morgan fingerprint density at radius 2 is 1.88 bits per heavy atom. The van der Waals surface area contributed by atoms with E-state index in [1.807, 2.05) is 30.0 Å². The second-order valence-electron chi connectivity index (χ2n) is 6.02. The molecule has 0 unspecified atom stereocenters. The third-order valence-electron chi connectivity index (χ3n) is 4.14. The molecule has 0 bridgehead atoms. The van der Waals surface area contributed by atoms with Crippen molar-refractivity contribution in [3.8, 4) is 11.8 Å². The number of nitrogens with one attached hydrogen (secondary N) is 1. The second-order valence-corrected chi connectivity index (χ2v) is 7.24. The van der Waals surface area contributed by atoms with Crippen molar-refractivity contribution in [3.05, 3.63) is 59.7 Å². The standard InChI is InChI=1S/C20H21N3O2S/c21-13-16-5-7-18(8-6-16)25-15-20(24)22-19-4-2-1-3-17(19)14-23-9-11-26-12-10-23/h1-8H,9-12,14-15H2,(H,22,24). The average Bonchev–Trinajstić information content (AvgIpc) is 2.69. The fourth-order valence-electron chi connectivity index (χ4n) is 2.74. The highest BCUT2D eigenvalue weighted by Crippen LogP contribution is 2.20. The van der Waals surface area contributed by atoms with Crippen LogP contribution in [-0.2, 0) is 11.3 Å². The van der Waals surface area contributed by atoms with Gasteiger partial charge < -0.3 is 10.1 Å². The molecule has 134 valence electrons. The van der Waals surface area contributed by atoms with Crippen LogP contribution in [0.3, 0.4) is 0 Å². The molecule has 0 saturated carbocycles. The van der Waals surface area contributed by atoms with E-state index < -0.39 is 0 Å². The number of thioether (sulfide) groups is 1. The Balaban J connectivity index is 1.55. The quantitative estimate of drug-likeness (QED) is 0.850. The van der Waals surface area contributed by atoms with Crippen LogP contribution in [0.5, 0.6) is 5.75 Å². The van der Waals surface area contributed by atoms with Crippen molar-refractivity contribution in [1.82, 2.24) is 4.90 Å². The van der Waals surface area contributed by atoms with Gasteiger partial charge in [0.25, 0.3) is 5.91 Å². The highest BCUT2D eigenvalue weighted by atomic mass is 32.2. The summed E-state index contributed by atoms with van der Waals surface area (Å²) < 4.78 is 5.49. The zero-order valence-electron chi connectivity index (χ0n) is 14.5. The largest absolute Gasteiger partial charge is 0.484 e. The maximum atomic E-state index is 12.2. The zero-order chi connectivity index (χ0) is 18.2. The molecule has 0 aromatic heterocycles. The van der Waals surface area contributed by atoms with Crippen molar-refractivity contribution < 1.29 is 9.53 Å². The Labute approximate surface area is 158 Å². The van der Waals surface area contributed by atoms with E-state index in [0.717, 1.165) is 42.4 Å². The van der Waals surface area contributed by atoms with Gasteiger partial charge in [-0.05, 0) is 35.9 Å². The third-order valence-corrected chi connectivity index (χ3v) is 5.08. The monoisotopic (exact) mass is 367 g/mol. The van der Waals surface area contributed by atoms with Crippen LogP contribution >= 0.6 is 11.8 Å². The van der Waals surface area contributed by atoms with Crippen molar-refractivity contribution >= 4 is 23.4 Å². The summed E-state index contributed by atoms with van der Waals surface area (Å²) in [6.07, 6.45) is 0. The number of hydrogen-bond donors (Lipinski definition) is 1. The summed E-state index contributed by atoms with van der Waals surface area (Å²) >= 11 is 1.99. The summed E-state index contributed by atoms with van der Waals surface area (Å²) in [7, 11) is 0. The van der Waals surface area contributed by atoms with Crippen molar-refractivity contribution in [2.45, 2.75) is 6.54 Å². The van der Waals surface area contributed by atoms with Crippen molar-refractivity contribution in [1.29, 1.82) is 5.26 Å². The molecule has 1 fully saturated rings. The van der Waals surface area contributed by atoms with E-state index in [4.69, 9.17) is 10.00 Å². The molecule has 3 rings (SSSR count). The highest BCUT2D eigenvalue weighted by Gasteiger charge is 2.14. The molecule has 0 aliphatic carbocycles. The molecule has 0 radical (unpaired) electrons. The molecule has 2 aromatic rings. The number of rotatable bonds is 6. The molecule has 0 atom stereocenters. The number of ether oxygens (including phenoxy) is 1. The van der Waals surface area contributed by atoms with Crippen LogP contribution in [-0.4, -0.2) is 42.0 Å². The summed E-state index contributed by atoms with van der Waals surface area (Å²) in [6.45, 7) is 2.93. The summed E-state index contributed by atoms with van der Waals surface area (Å²) in [5.41, 5.74) is 2.51. The van der Waals surface area contributed by atoms with Crippen LogP contribution in [0.15, 0.2) is 48.5 Å². The van der Waals surface area contributed by atoms with E-state index in [0.29, 0.717) is 11.3 Å². The van der Waals surface area contributed by atoms with E-state index in [9.17, 15) is 4.79 Å². The van der Waals surface area contributed by atoms with Gasteiger partial charge >= 0.3 is 0 Å². The lowest BCUT2D eigenvalue weighted by molar-refractivity contribution is -0.118. The van der Waals surface area contributed by atoms with Gasteiger partial charge in [-0.15, -0.1) is 0 Å². The minimum Gasteiger partial charge on any atom is -0.484 e. The van der Waals surface area contributed by atoms with Crippen LogP contribution in [0.2, 0.25) is 0 Å². The van der Waals surface area contributed by atoms with Gasteiger partial charge in [0.2, 0.25) is 0 Å². The van der Waals surface area contributed by atoms with Crippen molar-refractivity contribution in [2.24, 2.45) is 0 Å². The zero-order valence-corrected chi connectivity index (χ0v) is 15.3. The van der Waals surface area contributed by atoms with Gasteiger partial charge in [-0.25, -0.2) is 0 Å². The molecule has 5 nitrogen and oxygen atoms in total. The first-order valence-electron chi connectivity index (χ1n) is 8.55. The number of carbonyl (C=O) groups is 1. The fourth-order valence-corrected chi connectivity index (χ4v) is 3.72. The predicted molar refractivity (Wildman–Crippen MR) is 104 cm³/mol. The van der Waals surface area contributed by atoms with Gasteiger partial charge in [-0.2, -0.15) is 17.0 Å². The highest BCUT2D eigenvalue weighted by molar-refractivity contribution is 7.99. The van der Waals surface area contributed by atoms with Crippen LogP contribution in [0.4, 0.5) is 5.69 Å². The molecule has 1 amide bonds. The molecular weight excluding hydrogens is 346 g/mol. The van der Waals surface area contributed by atoms with Crippen LogP contribution in [0.1, 0.15) is 11.1 Å². The van der Waals surface area contributed by atoms with Crippen molar-refractivity contribution in [3.63, 3.8) is 0 Å². The number of nitrogens with zero attached hydrogens (tertiary/aromatic N) is 2. The molecule has 1 heterocycles. The third kappa shape index (κ3) is 5.25. The summed E-state index contributed by atoms with van der Waals surface area (Å²) in [5, 5.41) is 11.7. The Kier molecular flexibility index (Phi) is 6.53. The Bertz CT molecular complexity index is 780. The maximum Gasteiger partial charge on any atom is 0.262 e.